The Bertz CT molecular complexity index is 2760. The van der Waals surface area contributed by atoms with E-state index in [4.69, 9.17) is 0 Å². The second kappa shape index (κ2) is 9.03. The molecule has 0 aliphatic carbocycles. The third-order valence-corrected chi connectivity index (χ3v) is 10.6. The van der Waals surface area contributed by atoms with E-state index in [1.165, 1.54) is 91.1 Å². The molecule has 2 aromatic heterocycles. The summed E-state index contributed by atoms with van der Waals surface area (Å²) in [5, 5.41) is 13.1. The van der Waals surface area contributed by atoms with Gasteiger partial charge in [0.15, 0.2) is 0 Å². The first-order valence-corrected chi connectivity index (χ1v) is 15.9. The van der Waals surface area contributed by atoms with E-state index >= 15 is 0 Å². The van der Waals surface area contributed by atoms with Crippen molar-refractivity contribution in [1.82, 2.24) is 4.57 Å². The molecule has 2 heteroatoms. The van der Waals surface area contributed by atoms with E-state index in [9.17, 15) is 0 Å². The van der Waals surface area contributed by atoms with Gasteiger partial charge in [0, 0.05) is 36.6 Å². The molecular weight excluding hydrogens is 551 g/mol. The highest BCUT2D eigenvalue weighted by Gasteiger charge is 2.17. The van der Waals surface area contributed by atoms with Gasteiger partial charge in [0.1, 0.15) is 0 Å². The van der Waals surface area contributed by atoms with Crippen molar-refractivity contribution in [2.24, 2.45) is 0 Å². The molecule has 10 rings (SSSR count). The molecule has 204 valence electrons. The van der Waals surface area contributed by atoms with Gasteiger partial charge in [0.25, 0.3) is 0 Å². The van der Waals surface area contributed by atoms with E-state index in [2.05, 4.69) is 156 Å². The molecule has 0 N–H and O–H groups in total. The largest absolute Gasteiger partial charge is 0.309 e. The quantitative estimate of drug-likeness (QED) is 0.181. The summed E-state index contributed by atoms with van der Waals surface area (Å²) in [6, 6.07) is 55.9. The van der Waals surface area contributed by atoms with Crippen LogP contribution in [0.3, 0.4) is 0 Å². The lowest BCUT2D eigenvalue weighted by Gasteiger charge is -2.13. The molecule has 0 bridgehead atoms. The van der Waals surface area contributed by atoms with Gasteiger partial charge in [-0.3, -0.25) is 0 Å². The van der Waals surface area contributed by atoms with E-state index in [1.54, 1.807) is 0 Å². The highest BCUT2D eigenvalue weighted by molar-refractivity contribution is 7.26. The lowest BCUT2D eigenvalue weighted by molar-refractivity contribution is 1.18. The van der Waals surface area contributed by atoms with Gasteiger partial charge >= 0.3 is 0 Å². The van der Waals surface area contributed by atoms with E-state index in [1.807, 2.05) is 11.3 Å². The van der Waals surface area contributed by atoms with Crippen molar-refractivity contribution < 1.29 is 0 Å². The summed E-state index contributed by atoms with van der Waals surface area (Å²) in [4.78, 5) is 0. The summed E-state index contributed by atoms with van der Waals surface area (Å²) in [6.45, 7) is 0. The number of hydrogen-bond donors (Lipinski definition) is 0. The number of hydrogen-bond acceptors (Lipinski definition) is 1. The van der Waals surface area contributed by atoms with Gasteiger partial charge in [0.05, 0.1) is 11.0 Å². The van der Waals surface area contributed by atoms with Crippen molar-refractivity contribution in [3.63, 3.8) is 0 Å². The van der Waals surface area contributed by atoms with E-state index in [0.717, 1.165) is 0 Å². The fraction of sp³-hybridized carbons (Fsp3) is 0. The molecule has 0 saturated carbocycles. The summed E-state index contributed by atoms with van der Waals surface area (Å²) >= 11 is 1.89. The van der Waals surface area contributed by atoms with Crippen LogP contribution in [0, 0.1) is 0 Å². The Morgan fingerprint density at radius 3 is 1.66 bits per heavy atom. The third kappa shape index (κ3) is 3.29. The highest BCUT2D eigenvalue weighted by Crippen LogP contribution is 2.42. The number of thiophene rings is 1. The smallest absolute Gasteiger partial charge is 0.0547 e. The van der Waals surface area contributed by atoms with Crippen LogP contribution in [0.2, 0.25) is 0 Å². The van der Waals surface area contributed by atoms with Gasteiger partial charge in [-0.15, -0.1) is 11.3 Å². The molecule has 0 atom stereocenters. The van der Waals surface area contributed by atoms with Crippen LogP contribution in [0.4, 0.5) is 0 Å². The lowest BCUT2D eigenvalue weighted by atomic mass is 9.93. The topological polar surface area (TPSA) is 4.93 Å². The number of rotatable bonds is 2. The van der Waals surface area contributed by atoms with E-state index < -0.39 is 0 Å². The first kappa shape index (κ1) is 24.0. The van der Waals surface area contributed by atoms with Crippen LogP contribution in [0.15, 0.2) is 152 Å². The van der Waals surface area contributed by atoms with Crippen LogP contribution >= 0.6 is 11.3 Å². The molecule has 0 amide bonds. The van der Waals surface area contributed by atoms with Crippen molar-refractivity contribution >= 4 is 85.6 Å². The van der Waals surface area contributed by atoms with Crippen molar-refractivity contribution in [3.8, 4) is 16.8 Å². The molecule has 1 nitrogen and oxygen atoms in total. The number of fused-ring (bicyclic) bond motifs is 12. The first-order chi connectivity index (χ1) is 21.8. The molecule has 0 spiro atoms. The minimum Gasteiger partial charge on any atom is -0.309 e. The van der Waals surface area contributed by atoms with Crippen molar-refractivity contribution in [3.05, 3.63) is 152 Å². The second-order valence-corrected chi connectivity index (χ2v) is 12.7. The van der Waals surface area contributed by atoms with Gasteiger partial charge in [-0.05, 0) is 79.8 Å². The molecule has 0 aliphatic rings. The molecule has 8 aromatic carbocycles. The Morgan fingerprint density at radius 2 is 0.932 bits per heavy atom. The van der Waals surface area contributed by atoms with Crippen LogP contribution in [0.25, 0.3) is 91.1 Å². The van der Waals surface area contributed by atoms with Gasteiger partial charge in [0.2, 0.25) is 0 Å². The predicted octanol–water partition coefficient (Wildman–Crippen LogP) is 12.3. The highest BCUT2D eigenvalue weighted by atomic mass is 32.1. The second-order valence-electron chi connectivity index (χ2n) is 11.7. The normalized spacial score (nSPS) is 12.1. The van der Waals surface area contributed by atoms with Crippen LogP contribution in [-0.4, -0.2) is 4.57 Å². The van der Waals surface area contributed by atoms with Crippen LogP contribution in [-0.2, 0) is 0 Å². The van der Waals surface area contributed by atoms with Crippen LogP contribution < -0.4 is 0 Å². The first-order valence-electron chi connectivity index (χ1n) is 15.1. The fourth-order valence-corrected chi connectivity index (χ4v) is 8.65. The average molecular weight is 576 g/mol. The minimum absolute atomic E-state index is 1.17. The van der Waals surface area contributed by atoms with Crippen molar-refractivity contribution in [2.75, 3.05) is 0 Å². The predicted molar refractivity (Wildman–Crippen MR) is 192 cm³/mol. The number of aromatic nitrogens is 1. The summed E-state index contributed by atoms with van der Waals surface area (Å²) in [7, 11) is 0. The van der Waals surface area contributed by atoms with E-state index in [0.29, 0.717) is 0 Å². The average Bonchev–Trinajstić information content (AvgIpc) is 3.63. The Hall–Kier alpha value is -5.44. The zero-order valence-corrected chi connectivity index (χ0v) is 24.6. The Balaban J connectivity index is 1.23. The molecule has 0 fully saturated rings. The lowest BCUT2D eigenvalue weighted by Crippen LogP contribution is -1.94. The summed E-state index contributed by atoms with van der Waals surface area (Å²) in [5.74, 6) is 0. The minimum atomic E-state index is 1.17. The van der Waals surface area contributed by atoms with Crippen molar-refractivity contribution in [2.45, 2.75) is 0 Å². The molecule has 0 aliphatic heterocycles. The monoisotopic (exact) mass is 575 g/mol. The fourth-order valence-electron chi connectivity index (χ4n) is 7.41. The van der Waals surface area contributed by atoms with Gasteiger partial charge < -0.3 is 4.57 Å². The summed E-state index contributed by atoms with van der Waals surface area (Å²) in [5.41, 5.74) is 6.17. The van der Waals surface area contributed by atoms with Crippen LogP contribution in [0.1, 0.15) is 0 Å². The number of para-hydroxylation sites is 1. The Labute approximate surface area is 257 Å². The SMILES string of the molecule is c1ccc2c(c1)sc1c(-c3ccc(-n4c5ccccc5c5cc6c7ccccc7c7ccccc7c6cc54)cc3)cccc12. The zero-order chi connectivity index (χ0) is 28.8. The molecule has 0 radical (unpaired) electrons. The molecular formula is C42H25NS. The van der Waals surface area contributed by atoms with Gasteiger partial charge in [-0.2, -0.15) is 0 Å². The van der Waals surface area contributed by atoms with E-state index in [-0.39, 0.29) is 0 Å². The summed E-state index contributed by atoms with van der Waals surface area (Å²) < 4.78 is 5.13. The van der Waals surface area contributed by atoms with Gasteiger partial charge in [-0.1, -0.05) is 115 Å². The number of benzene rings is 8. The molecule has 0 saturated heterocycles. The maximum atomic E-state index is 2.44. The Kier molecular flexibility index (Phi) is 4.94. The van der Waals surface area contributed by atoms with Gasteiger partial charge in [-0.25, -0.2) is 0 Å². The molecule has 0 unspecified atom stereocenters. The van der Waals surface area contributed by atoms with Crippen molar-refractivity contribution in [1.29, 1.82) is 0 Å². The molecule has 44 heavy (non-hydrogen) atoms. The maximum Gasteiger partial charge on any atom is 0.0547 e. The standard InChI is InChI=1S/C42H25NS/c1-3-12-31-29(10-1)30-11-2-4-13-32(30)37-25-40-38(24-36(31)37)33-14-5-7-18-39(33)43(40)27-22-20-26(21-23-27)28-16-9-17-35-34-15-6-8-19-41(34)44-42(28)35/h1-25H. The summed E-state index contributed by atoms with van der Waals surface area (Å²) in [6.07, 6.45) is 0. The third-order valence-electron chi connectivity index (χ3n) is 9.38. The molecule has 2 heterocycles. The Morgan fingerprint density at radius 1 is 0.364 bits per heavy atom. The molecule has 10 aromatic rings. The maximum absolute atomic E-state index is 2.44. The zero-order valence-electron chi connectivity index (χ0n) is 23.8. The van der Waals surface area contributed by atoms with Crippen LogP contribution in [0.5, 0.6) is 0 Å². The number of nitrogens with zero attached hydrogens (tertiary/aromatic N) is 1.